The third kappa shape index (κ3) is 4.24. The first kappa shape index (κ1) is 20.1. The second-order valence-corrected chi connectivity index (χ2v) is 8.41. The second-order valence-electron chi connectivity index (χ2n) is 8.41. The average molecular weight is 406 g/mol. The van der Waals surface area contributed by atoms with Crippen molar-refractivity contribution in [1.29, 1.82) is 0 Å². The van der Waals surface area contributed by atoms with Gasteiger partial charge < -0.3 is 24.3 Å². The molecule has 4 fully saturated rings. The number of hydrogen-bond donors (Lipinski definition) is 0. The Bertz CT molecular complexity index is 664. The molecule has 0 aromatic carbocycles. The van der Waals surface area contributed by atoms with E-state index in [1.165, 1.54) is 9.80 Å². The summed E-state index contributed by atoms with van der Waals surface area (Å²) >= 11 is 0. The number of likely N-dealkylation sites (tertiary alicyclic amines) is 1. The van der Waals surface area contributed by atoms with Crippen molar-refractivity contribution in [3.8, 4) is 0 Å². The summed E-state index contributed by atoms with van der Waals surface area (Å²) in [5, 5.41) is 0. The molecule has 0 aromatic rings. The van der Waals surface area contributed by atoms with Gasteiger partial charge in [0.25, 0.3) is 0 Å². The number of nitrogens with zero attached hydrogens (tertiary/aromatic N) is 4. The molecule has 0 spiro atoms. The van der Waals surface area contributed by atoms with Crippen LogP contribution in [0.3, 0.4) is 0 Å². The van der Waals surface area contributed by atoms with E-state index in [-0.39, 0.29) is 17.7 Å². The van der Waals surface area contributed by atoms with Gasteiger partial charge in [0, 0.05) is 58.3 Å². The maximum absolute atomic E-state index is 12.9. The van der Waals surface area contributed by atoms with E-state index < -0.39 is 11.8 Å². The van der Waals surface area contributed by atoms with Crippen LogP contribution in [0, 0.1) is 5.92 Å². The first-order valence-corrected chi connectivity index (χ1v) is 10.8. The van der Waals surface area contributed by atoms with Crippen LogP contribution in [0.15, 0.2) is 0 Å². The van der Waals surface area contributed by atoms with Crippen LogP contribution in [0.1, 0.15) is 32.1 Å². The van der Waals surface area contributed by atoms with E-state index in [4.69, 9.17) is 4.74 Å². The number of rotatable bonds is 2. The second kappa shape index (κ2) is 8.69. The number of ether oxygens (including phenoxy) is 1. The van der Waals surface area contributed by atoms with Gasteiger partial charge in [-0.05, 0) is 12.8 Å². The Labute approximate surface area is 170 Å². The van der Waals surface area contributed by atoms with Gasteiger partial charge in [-0.2, -0.15) is 0 Å². The van der Waals surface area contributed by atoms with Gasteiger partial charge in [-0.3, -0.25) is 19.2 Å². The molecule has 1 atom stereocenters. The van der Waals surface area contributed by atoms with E-state index in [1.54, 1.807) is 4.90 Å². The van der Waals surface area contributed by atoms with Gasteiger partial charge in [0.15, 0.2) is 0 Å². The lowest BCUT2D eigenvalue weighted by molar-refractivity contribution is -0.156. The molecule has 1 saturated carbocycles. The lowest BCUT2D eigenvalue weighted by atomic mass is 10.1. The molecule has 0 N–H and O–H groups in total. The normalized spacial score (nSPS) is 26.3. The molecule has 4 aliphatic rings. The van der Waals surface area contributed by atoms with Crippen LogP contribution in [0.4, 0.5) is 0 Å². The standard InChI is InChI=1S/C20H30N4O5/c25-17-13-15(14-24(17)16-3-1-2-4-16)18(26)21-5-7-22(8-6-21)19(27)20(28)23-9-11-29-12-10-23/h15-16H,1-14H2. The summed E-state index contributed by atoms with van der Waals surface area (Å²) in [7, 11) is 0. The Morgan fingerprint density at radius 2 is 1.34 bits per heavy atom. The van der Waals surface area contributed by atoms with Crippen molar-refractivity contribution in [2.24, 2.45) is 5.92 Å². The maximum Gasteiger partial charge on any atom is 0.312 e. The van der Waals surface area contributed by atoms with Crippen LogP contribution in [-0.4, -0.2) is 108 Å². The zero-order valence-electron chi connectivity index (χ0n) is 16.9. The van der Waals surface area contributed by atoms with Crippen molar-refractivity contribution in [1.82, 2.24) is 19.6 Å². The minimum Gasteiger partial charge on any atom is -0.378 e. The van der Waals surface area contributed by atoms with Gasteiger partial charge in [-0.15, -0.1) is 0 Å². The van der Waals surface area contributed by atoms with E-state index >= 15 is 0 Å². The number of carbonyl (C=O) groups excluding carboxylic acids is 4. The first-order valence-electron chi connectivity index (χ1n) is 10.8. The van der Waals surface area contributed by atoms with Gasteiger partial charge in [-0.25, -0.2) is 0 Å². The highest BCUT2D eigenvalue weighted by Crippen LogP contribution is 2.30. The minimum absolute atomic E-state index is 0.00505. The quantitative estimate of drug-likeness (QED) is 0.566. The zero-order chi connectivity index (χ0) is 20.4. The van der Waals surface area contributed by atoms with E-state index in [2.05, 4.69) is 0 Å². The Morgan fingerprint density at radius 3 is 1.97 bits per heavy atom. The molecule has 4 amide bonds. The molecule has 0 aromatic heterocycles. The fourth-order valence-corrected chi connectivity index (χ4v) is 4.89. The molecule has 4 rings (SSSR count). The Hall–Kier alpha value is -2.16. The molecule has 1 unspecified atom stereocenters. The Morgan fingerprint density at radius 1 is 0.793 bits per heavy atom. The van der Waals surface area contributed by atoms with Gasteiger partial charge in [0.1, 0.15) is 0 Å². The summed E-state index contributed by atoms with van der Waals surface area (Å²) in [6.45, 7) is 3.85. The summed E-state index contributed by atoms with van der Waals surface area (Å²) in [6, 6.07) is 0.306. The Kier molecular flexibility index (Phi) is 6.03. The predicted molar refractivity (Wildman–Crippen MR) is 103 cm³/mol. The lowest BCUT2D eigenvalue weighted by Gasteiger charge is -2.36. The predicted octanol–water partition coefficient (Wildman–Crippen LogP) is -0.693. The van der Waals surface area contributed by atoms with E-state index in [0.29, 0.717) is 71.5 Å². The topological polar surface area (TPSA) is 90.5 Å². The number of piperazine rings is 1. The molecule has 9 nitrogen and oxygen atoms in total. The fourth-order valence-electron chi connectivity index (χ4n) is 4.89. The van der Waals surface area contributed by atoms with Crippen LogP contribution in [0.2, 0.25) is 0 Å². The van der Waals surface area contributed by atoms with E-state index in [9.17, 15) is 19.2 Å². The van der Waals surface area contributed by atoms with Crippen LogP contribution < -0.4 is 0 Å². The largest absolute Gasteiger partial charge is 0.378 e. The highest BCUT2D eigenvalue weighted by Gasteiger charge is 2.41. The molecule has 3 saturated heterocycles. The Balaban J connectivity index is 1.27. The van der Waals surface area contributed by atoms with Gasteiger partial charge in [-0.1, -0.05) is 12.8 Å². The van der Waals surface area contributed by atoms with Crippen molar-refractivity contribution < 1.29 is 23.9 Å². The zero-order valence-corrected chi connectivity index (χ0v) is 16.9. The average Bonchev–Trinajstić information content (AvgIpc) is 3.42. The SMILES string of the molecule is O=C(C(=O)N1CCN(C(=O)C2CC(=O)N(C3CCCC3)C2)CC1)N1CCOCC1. The fraction of sp³-hybridized carbons (Fsp3) is 0.800. The molecule has 0 radical (unpaired) electrons. The molecular formula is C20H30N4O5. The number of hydrogen-bond acceptors (Lipinski definition) is 5. The summed E-state index contributed by atoms with van der Waals surface area (Å²) in [5.74, 6) is -1.16. The highest BCUT2D eigenvalue weighted by molar-refractivity contribution is 6.34. The maximum atomic E-state index is 12.9. The molecule has 29 heavy (non-hydrogen) atoms. The van der Waals surface area contributed by atoms with Crippen molar-refractivity contribution >= 4 is 23.6 Å². The number of morpholine rings is 1. The van der Waals surface area contributed by atoms with Crippen LogP contribution in [-0.2, 0) is 23.9 Å². The van der Waals surface area contributed by atoms with Crippen molar-refractivity contribution in [3.05, 3.63) is 0 Å². The van der Waals surface area contributed by atoms with Gasteiger partial charge in [0.2, 0.25) is 11.8 Å². The summed E-state index contributed by atoms with van der Waals surface area (Å²) < 4.78 is 5.22. The lowest BCUT2D eigenvalue weighted by Crippen LogP contribution is -2.56. The van der Waals surface area contributed by atoms with Crippen molar-refractivity contribution in [2.45, 2.75) is 38.1 Å². The molecule has 9 heteroatoms. The van der Waals surface area contributed by atoms with Crippen LogP contribution in [0.5, 0.6) is 0 Å². The molecule has 160 valence electrons. The number of carbonyl (C=O) groups is 4. The summed E-state index contributed by atoms with van der Waals surface area (Å²) in [5.41, 5.74) is 0. The molecule has 3 aliphatic heterocycles. The highest BCUT2D eigenvalue weighted by atomic mass is 16.5. The van der Waals surface area contributed by atoms with Gasteiger partial charge in [0.05, 0.1) is 19.1 Å². The number of amides is 4. The minimum atomic E-state index is -0.498. The van der Waals surface area contributed by atoms with Crippen molar-refractivity contribution in [2.75, 3.05) is 59.0 Å². The third-order valence-electron chi connectivity index (χ3n) is 6.63. The molecular weight excluding hydrogens is 376 g/mol. The third-order valence-corrected chi connectivity index (χ3v) is 6.63. The first-order chi connectivity index (χ1) is 14.0. The van der Waals surface area contributed by atoms with Gasteiger partial charge >= 0.3 is 11.8 Å². The van der Waals surface area contributed by atoms with E-state index in [1.807, 2.05) is 4.90 Å². The van der Waals surface area contributed by atoms with Crippen molar-refractivity contribution in [3.63, 3.8) is 0 Å². The smallest absolute Gasteiger partial charge is 0.312 e. The molecule has 0 bridgehead atoms. The van der Waals surface area contributed by atoms with E-state index in [0.717, 1.165) is 25.7 Å². The molecule has 1 aliphatic carbocycles. The monoisotopic (exact) mass is 406 g/mol. The van der Waals surface area contributed by atoms with Crippen LogP contribution >= 0.6 is 0 Å². The summed E-state index contributed by atoms with van der Waals surface area (Å²) in [4.78, 5) is 56.9. The summed E-state index contributed by atoms with van der Waals surface area (Å²) in [6.07, 6.45) is 4.71. The van der Waals surface area contributed by atoms with Crippen LogP contribution in [0.25, 0.3) is 0 Å². The molecule has 3 heterocycles.